The molecule has 0 aromatic rings. The Balaban J connectivity index is 1.58. The van der Waals surface area contributed by atoms with Gasteiger partial charge < -0.3 is 20.3 Å². The van der Waals surface area contributed by atoms with Crippen molar-refractivity contribution < 1.29 is 14.6 Å². The smallest absolute Gasteiger partial charge is 0.147 e. The van der Waals surface area contributed by atoms with E-state index in [-0.39, 0.29) is 35.5 Å². The fraction of sp³-hybridized carbons (Fsp3) is 0.933. The zero-order chi connectivity index (χ0) is 14.6. The van der Waals surface area contributed by atoms with Gasteiger partial charge in [0.05, 0.1) is 18.2 Å². The molecule has 0 amide bonds. The molecule has 5 nitrogen and oxygen atoms in total. The van der Waals surface area contributed by atoms with Crippen molar-refractivity contribution in [1.29, 1.82) is 0 Å². The molecule has 2 saturated carbocycles. The van der Waals surface area contributed by atoms with Gasteiger partial charge >= 0.3 is 0 Å². The van der Waals surface area contributed by atoms with E-state index in [2.05, 4.69) is 4.99 Å². The summed E-state index contributed by atoms with van der Waals surface area (Å²) in [6, 6.07) is 0.142. The first-order valence-corrected chi connectivity index (χ1v) is 8.46. The number of halogens is 1. The summed E-state index contributed by atoms with van der Waals surface area (Å²) in [6.07, 6.45) is 5.60. The second kappa shape index (κ2) is 5.08. The summed E-state index contributed by atoms with van der Waals surface area (Å²) in [7, 11) is 0. The molecule has 1 saturated heterocycles. The second-order valence-electron chi connectivity index (χ2n) is 6.96. The van der Waals surface area contributed by atoms with E-state index in [1.807, 2.05) is 0 Å². The first-order valence-electron chi connectivity index (χ1n) is 8.02. The van der Waals surface area contributed by atoms with Crippen molar-refractivity contribution in [3.63, 3.8) is 0 Å². The van der Waals surface area contributed by atoms with Crippen LogP contribution < -0.4 is 5.73 Å². The van der Waals surface area contributed by atoms with Crippen molar-refractivity contribution in [3.05, 3.63) is 0 Å². The van der Waals surface area contributed by atoms with Crippen LogP contribution in [0.2, 0.25) is 0 Å². The van der Waals surface area contributed by atoms with Gasteiger partial charge in [-0.3, -0.25) is 4.99 Å². The molecule has 3 N–H and O–H groups in total. The maximum atomic E-state index is 11.4. The van der Waals surface area contributed by atoms with E-state index in [0.717, 1.165) is 38.5 Å². The van der Waals surface area contributed by atoms with Crippen LogP contribution in [0.4, 0.5) is 0 Å². The van der Waals surface area contributed by atoms with Gasteiger partial charge in [0.2, 0.25) is 0 Å². The topological polar surface area (TPSA) is 77.1 Å². The van der Waals surface area contributed by atoms with E-state index in [9.17, 15) is 5.11 Å². The third kappa shape index (κ3) is 2.12. The molecular weight excluding hydrogens is 292 g/mol. The van der Waals surface area contributed by atoms with E-state index in [4.69, 9.17) is 26.8 Å². The van der Waals surface area contributed by atoms with E-state index >= 15 is 0 Å². The van der Waals surface area contributed by atoms with Crippen molar-refractivity contribution in [1.82, 2.24) is 0 Å². The molecule has 0 aromatic carbocycles. The van der Waals surface area contributed by atoms with Crippen molar-refractivity contribution in [3.8, 4) is 0 Å². The molecule has 118 valence electrons. The number of aliphatic hydroxyl groups is 1. The summed E-state index contributed by atoms with van der Waals surface area (Å²) >= 11 is 6.34. The van der Waals surface area contributed by atoms with Gasteiger partial charge in [-0.25, -0.2) is 0 Å². The maximum absolute atomic E-state index is 11.4. The molecular formula is C15H23ClN2O3. The molecule has 0 bridgehead atoms. The minimum Gasteiger partial charge on any atom is -0.385 e. The van der Waals surface area contributed by atoms with E-state index in [0.29, 0.717) is 12.6 Å². The predicted molar refractivity (Wildman–Crippen MR) is 79.3 cm³/mol. The number of hydrogen-bond donors (Lipinski definition) is 2. The van der Waals surface area contributed by atoms with Crippen LogP contribution in [0.3, 0.4) is 0 Å². The highest BCUT2D eigenvalue weighted by Crippen LogP contribution is 2.49. The standard InChI is InChI=1S/C15H23ClN2O3/c16-9-2-3-11-10(6-9)15(19,14(17)18-11)8-1-4-12-13(5-8)21-7-20-12/h8-13,19H,1-7H2,(H2,17,18). The fourth-order valence-electron chi connectivity index (χ4n) is 4.80. The van der Waals surface area contributed by atoms with Gasteiger partial charge in [-0.15, -0.1) is 11.6 Å². The second-order valence-corrected chi connectivity index (χ2v) is 7.58. The van der Waals surface area contributed by atoms with Crippen molar-refractivity contribution in [2.45, 2.75) is 67.8 Å². The molecule has 2 heterocycles. The third-order valence-corrected chi connectivity index (χ3v) is 6.34. The summed E-state index contributed by atoms with van der Waals surface area (Å²) in [5.41, 5.74) is 5.17. The number of aliphatic imine (C=N–C) groups is 1. The maximum Gasteiger partial charge on any atom is 0.147 e. The Labute approximate surface area is 129 Å². The molecule has 3 fully saturated rings. The SMILES string of the molecule is NC1=NC2CCC(Cl)CC2C1(O)C1CCC2OCOC2C1. The number of amidine groups is 1. The summed E-state index contributed by atoms with van der Waals surface area (Å²) in [4.78, 5) is 4.57. The third-order valence-electron chi connectivity index (χ3n) is 5.95. The molecule has 2 aliphatic carbocycles. The summed E-state index contributed by atoms with van der Waals surface area (Å²) in [5, 5.41) is 11.5. The number of alkyl halides is 1. The average Bonchev–Trinajstić information content (AvgIpc) is 3.03. The monoisotopic (exact) mass is 314 g/mol. The lowest BCUT2D eigenvalue weighted by Crippen LogP contribution is -2.57. The fourth-order valence-corrected chi connectivity index (χ4v) is 5.11. The molecule has 4 aliphatic rings. The molecule has 4 rings (SSSR count). The molecule has 0 spiro atoms. The van der Waals surface area contributed by atoms with Gasteiger partial charge in [-0.2, -0.15) is 0 Å². The summed E-state index contributed by atoms with van der Waals surface area (Å²) in [5.74, 6) is 0.587. The van der Waals surface area contributed by atoms with Crippen molar-refractivity contribution in [2.24, 2.45) is 22.6 Å². The molecule has 6 heteroatoms. The van der Waals surface area contributed by atoms with Crippen LogP contribution in [0.1, 0.15) is 38.5 Å². The Hall–Kier alpha value is -0.360. The Bertz CT molecular complexity index is 460. The molecule has 0 aromatic heterocycles. The number of ether oxygens (including phenoxy) is 2. The number of nitrogens with zero attached hydrogens (tertiary/aromatic N) is 1. The first kappa shape index (κ1) is 14.2. The van der Waals surface area contributed by atoms with Gasteiger partial charge in [0.25, 0.3) is 0 Å². The first-order chi connectivity index (χ1) is 10.1. The lowest BCUT2D eigenvalue weighted by molar-refractivity contribution is -0.0551. The van der Waals surface area contributed by atoms with E-state index in [1.165, 1.54) is 0 Å². The average molecular weight is 315 g/mol. The minimum absolute atomic E-state index is 0.0672. The van der Waals surface area contributed by atoms with Crippen LogP contribution in [0, 0.1) is 11.8 Å². The van der Waals surface area contributed by atoms with E-state index < -0.39 is 5.60 Å². The van der Waals surface area contributed by atoms with Gasteiger partial charge in [0.15, 0.2) is 0 Å². The number of fused-ring (bicyclic) bond motifs is 2. The molecule has 0 radical (unpaired) electrons. The van der Waals surface area contributed by atoms with Crippen LogP contribution >= 0.6 is 11.6 Å². The zero-order valence-corrected chi connectivity index (χ0v) is 12.8. The van der Waals surface area contributed by atoms with Crippen LogP contribution in [-0.4, -0.2) is 47.0 Å². The highest BCUT2D eigenvalue weighted by molar-refractivity contribution is 6.20. The van der Waals surface area contributed by atoms with Gasteiger partial charge in [0, 0.05) is 11.3 Å². The van der Waals surface area contributed by atoms with Gasteiger partial charge in [0.1, 0.15) is 18.2 Å². The lowest BCUT2D eigenvalue weighted by atomic mass is 9.65. The summed E-state index contributed by atoms with van der Waals surface area (Å²) < 4.78 is 11.2. The van der Waals surface area contributed by atoms with Crippen LogP contribution in [0.15, 0.2) is 4.99 Å². The number of hydrogen-bond acceptors (Lipinski definition) is 5. The van der Waals surface area contributed by atoms with Gasteiger partial charge in [-0.1, -0.05) is 0 Å². The number of rotatable bonds is 1. The molecule has 2 aliphatic heterocycles. The van der Waals surface area contributed by atoms with Crippen LogP contribution in [0.5, 0.6) is 0 Å². The van der Waals surface area contributed by atoms with Crippen molar-refractivity contribution >= 4 is 17.4 Å². The summed E-state index contributed by atoms with van der Waals surface area (Å²) in [6.45, 7) is 0.375. The predicted octanol–water partition coefficient (Wildman–Crippen LogP) is 1.41. The van der Waals surface area contributed by atoms with E-state index in [1.54, 1.807) is 0 Å². The highest BCUT2D eigenvalue weighted by atomic mass is 35.5. The number of nitrogens with two attached hydrogens (primary N) is 1. The van der Waals surface area contributed by atoms with Crippen molar-refractivity contribution in [2.75, 3.05) is 6.79 Å². The molecule has 21 heavy (non-hydrogen) atoms. The van der Waals surface area contributed by atoms with Gasteiger partial charge in [-0.05, 0) is 44.4 Å². The Kier molecular flexibility index (Phi) is 3.45. The Morgan fingerprint density at radius 1 is 1.14 bits per heavy atom. The normalized spacial score (nSPS) is 53.1. The molecule has 7 atom stereocenters. The minimum atomic E-state index is -1.00. The lowest BCUT2D eigenvalue weighted by Gasteiger charge is -2.44. The Morgan fingerprint density at radius 2 is 1.95 bits per heavy atom. The largest absolute Gasteiger partial charge is 0.385 e. The highest BCUT2D eigenvalue weighted by Gasteiger charge is 2.57. The molecule has 7 unspecified atom stereocenters. The van der Waals surface area contributed by atoms with Crippen LogP contribution in [-0.2, 0) is 9.47 Å². The zero-order valence-electron chi connectivity index (χ0n) is 12.1. The quantitative estimate of drug-likeness (QED) is 0.717. The van der Waals surface area contributed by atoms with Crippen LogP contribution in [0.25, 0.3) is 0 Å². The Morgan fingerprint density at radius 3 is 2.81 bits per heavy atom.